The van der Waals surface area contributed by atoms with E-state index in [4.69, 9.17) is 0 Å². The van der Waals surface area contributed by atoms with Crippen molar-refractivity contribution in [2.45, 2.75) is 31.1 Å². The number of hydrogen-bond acceptors (Lipinski definition) is 4. The molecule has 1 heterocycles. The minimum Gasteiger partial charge on any atom is -0.480 e. The number of carbonyl (C=O) groups excluding carboxylic acids is 2. The Balaban J connectivity index is 2.11. The fraction of sp³-hybridized carbons (Fsp3) is 0.400. The van der Waals surface area contributed by atoms with Gasteiger partial charge in [-0.25, -0.2) is 4.79 Å². The Morgan fingerprint density at radius 2 is 2.05 bits per heavy atom. The molecule has 0 aliphatic carbocycles. The third-order valence-electron chi connectivity index (χ3n) is 3.46. The van der Waals surface area contributed by atoms with Gasteiger partial charge in [0.15, 0.2) is 5.12 Å². The summed E-state index contributed by atoms with van der Waals surface area (Å²) in [7, 11) is 0. The number of thioether (sulfide) groups is 1. The largest absolute Gasteiger partial charge is 0.480 e. The average Bonchev–Trinajstić information content (AvgIpc) is 2.77. The molecule has 1 saturated heterocycles. The molecule has 1 aliphatic rings. The van der Waals surface area contributed by atoms with E-state index in [2.05, 4.69) is 15.9 Å². The van der Waals surface area contributed by atoms with Gasteiger partial charge in [0, 0.05) is 36.0 Å². The molecule has 1 aliphatic heterocycles. The Hall–Kier alpha value is -1.34. The lowest BCUT2D eigenvalue weighted by Crippen LogP contribution is -2.43. The quantitative estimate of drug-likeness (QED) is 0.841. The van der Waals surface area contributed by atoms with Crippen molar-refractivity contribution in [2.75, 3.05) is 6.54 Å². The second-order valence-electron chi connectivity index (χ2n) is 5.17. The van der Waals surface area contributed by atoms with Crippen molar-refractivity contribution in [3.8, 4) is 0 Å². The first kappa shape index (κ1) is 17.0. The molecule has 7 heteroatoms. The SMILES string of the molecule is CC(=O)SC1CC(=O)N(C(Cc2ccc(Br)cc2)C(=O)O)C1. The Morgan fingerprint density at radius 1 is 1.41 bits per heavy atom. The molecule has 118 valence electrons. The van der Waals surface area contributed by atoms with Crippen LogP contribution in [0.15, 0.2) is 28.7 Å². The second kappa shape index (κ2) is 7.28. The fourth-order valence-electron chi connectivity index (χ4n) is 2.49. The molecule has 0 bridgehead atoms. The van der Waals surface area contributed by atoms with E-state index in [1.165, 1.54) is 11.8 Å². The van der Waals surface area contributed by atoms with Gasteiger partial charge in [0.1, 0.15) is 6.04 Å². The van der Waals surface area contributed by atoms with Crippen molar-refractivity contribution in [3.63, 3.8) is 0 Å². The zero-order valence-electron chi connectivity index (χ0n) is 12.0. The van der Waals surface area contributed by atoms with E-state index in [0.717, 1.165) is 21.8 Å². The fourth-order valence-corrected chi connectivity index (χ4v) is 3.68. The predicted molar refractivity (Wildman–Crippen MR) is 87.7 cm³/mol. The predicted octanol–water partition coefficient (Wildman–Crippen LogP) is 2.33. The Labute approximate surface area is 141 Å². The van der Waals surface area contributed by atoms with Crippen LogP contribution in [-0.4, -0.2) is 44.8 Å². The lowest BCUT2D eigenvalue weighted by molar-refractivity contribution is -0.148. The number of rotatable bonds is 5. The van der Waals surface area contributed by atoms with E-state index < -0.39 is 12.0 Å². The Bertz CT molecular complexity index is 590. The van der Waals surface area contributed by atoms with Crippen molar-refractivity contribution >= 4 is 44.7 Å². The van der Waals surface area contributed by atoms with E-state index in [0.29, 0.717) is 6.54 Å². The molecular formula is C15H16BrNO4S. The van der Waals surface area contributed by atoms with Gasteiger partial charge >= 0.3 is 5.97 Å². The summed E-state index contributed by atoms with van der Waals surface area (Å²) in [5.41, 5.74) is 0.853. The number of carbonyl (C=O) groups is 3. The second-order valence-corrected chi connectivity index (χ2v) is 7.56. The van der Waals surface area contributed by atoms with Gasteiger partial charge in [-0.1, -0.05) is 39.8 Å². The minimum atomic E-state index is -1.02. The van der Waals surface area contributed by atoms with E-state index in [1.54, 1.807) is 0 Å². The number of benzene rings is 1. The Kier molecular flexibility index (Phi) is 5.63. The molecule has 2 rings (SSSR count). The number of nitrogens with zero attached hydrogens (tertiary/aromatic N) is 1. The number of carboxylic acids is 1. The first-order valence-electron chi connectivity index (χ1n) is 6.80. The molecule has 0 saturated carbocycles. The number of amides is 1. The van der Waals surface area contributed by atoms with Crippen molar-refractivity contribution in [1.29, 1.82) is 0 Å². The van der Waals surface area contributed by atoms with Crippen LogP contribution < -0.4 is 0 Å². The minimum absolute atomic E-state index is 0.0561. The van der Waals surface area contributed by atoms with Crippen molar-refractivity contribution in [1.82, 2.24) is 4.90 Å². The summed E-state index contributed by atoms with van der Waals surface area (Å²) in [6.07, 6.45) is 0.472. The molecule has 1 N–H and O–H groups in total. The van der Waals surface area contributed by atoms with Crippen LogP contribution in [0.5, 0.6) is 0 Å². The monoisotopic (exact) mass is 385 g/mol. The molecule has 1 amide bonds. The standard InChI is InChI=1S/C15H16BrNO4S/c1-9(18)22-12-7-14(19)17(8-12)13(15(20)21)6-10-2-4-11(16)5-3-10/h2-5,12-13H,6-8H2,1H3,(H,20,21). The third kappa shape index (κ3) is 4.33. The third-order valence-corrected chi connectivity index (χ3v) is 4.97. The summed E-state index contributed by atoms with van der Waals surface area (Å²) in [5, 5.41) is 9.25. The molecule has 1 aromatic carbocycles. The van der Waals surface area contributed by atoms with Crippen molar-refractivity contribution in [2.24, 2.45) is 0 Å². The van der Waals surface area contributed by atoms with Gasteiger partial charge in [0.25, 0.3) is 0 Å². The maximum absolute atomic E-state index is 12.1. The van der Waals surface area contributed by atoms with Crippen LogP contribution >= 0.6 is 27.7 Å². The summed E-state index contributed by atoms with van der Waals surface area (Å²) in [5.74, 6) is -1.23. The molecular weight excluding hydrogens is 370 g/mol. The van der Waals surface area contributed by atoms with Crippen LogP contribution in [0.1, 0.15) is 18.9 Å². The summed E-state index contributed by atoms with van der Waals surface area (Å²) in [6.45, 7) is 1.75. The zero-order chi connectivity index (χ0) is 16.3. The van der Waals surface area contributed by atoms with Gasteiger partial charge in [-0.15, -0.1) is 0 Å². The normalized spacial score (nSPS) is 19.3. The lowest BCUT2D eigenvalue weighted by atomic mass is 10.1. The molecule has 5 nitrogen and oxygen atoms in total. The van der Waals surface area contributed by atoms with Crippen molar-refractivity contribution < 1.29 is 19.5 Å². The van der Waals surface area contributed by atoms with Gasteiger partial charge in [0.05, 0.1) is 0 Å². The molecule has 2 unspecified atom stereocenters. The topological polar surface area (TPSA) is 74.7 Å². The van der Waals surface area contributed by atoms with Crippen LogP contribution in [0.25, 0.3) is 0 Å². The summed E-state index contributed by atoms with van der Waals surface area (Å²) >= 11 is 4.44. The van der Waals surface area contributed by atoms with E-state index in [9.17, 15) is 19.5 Å². The molecule has 2 atom stereocenters. The van der Waals surface area contributed by atoms with Gasteiger partial charge < -0.3 is 10.0 Å². The van der Waals surface area contributed by atoms with E-state index in [-0.39, 0.29) is 29.1 Å². The van der Waals surface area contributed by atoms with E-state index in [1.807, 2.05) is 24.3 Å². The first-order chi connectivity index (χ1) is 10.4. The van der Waals surface area contributed by atoms with Crippen molar-refractivity contribution in [3.05, 3.63) is 34.3 Å². The van der Waals surface area contributed by atoms with Crippen LogP contribution in [-0.2, 0) is 20.8 Å². The van der Waals surface area contributed by atoms with Gasteiger partial charge in [0.2, 0.25) is 5.91 Å². The summed E-state index contributed by atoms with van der Waals surface area (Å²) < 4.78 is 0.915. The zero-order valence-corrected chi connectivity index (χ0v) is 14.4. The van der Waals surface area contributed by atoms with Crippen LogP contribution in [0.3, 0.4) is 0 Å². The highest BCUT2D eigenvalue weighted by Crippen LogP contribution is 2.27. The average molecular weight is 386 g/mol. The van der Waals surface area contributed by atoms with Gasteiger partial charge in [-0.2, -0.15) is 0 Å². The maximum Gasteiger partial charge on any atom is 0.326 e. The highest BCUT2D eigenvalue weighted by molar-refractivity contribution is 9.10. The molecule has 22 heavy (non-hydrogen) atoms. The molecule has 0 radical (unpaired) electrons. The first-order valence-corrected chi connectivity index (χ1v) is 8.48. The number of likely N-dealkylation sites (tertiary alicyclic amines) is 1. The summed E-state index contributed by atoms with van der Waals surface area (Å²) in [6, 6.07) is 6.46. The van der Waals surface area contributed by atoms with Crippen LogP contribution in [0.4, 0.5) is 0 Å². The van der Waals surface area contributed by atoms with Gasteiger partial charge in [-0.05, 0) is 17.7 Å². The summed E-state index contributed by atoms with van der Waals surface area (Å²) in [4.78, 5) is 36.2. The van der Waals surface area contributed by atoms with Gasteiger partial charge in [-0.3, -0.25) is 9.59 Å². The number of carboxylic acid groups (broad SMARTS) is 1. The Morgan fingerprint density at radius 3 is 2.59 bits per heavy atom. The van der Waals surface area contributed by atoms with E-state index >= 15 is 0 Å². The maximum atomic E-state index is 12.1. The smallest absolute Gasteiger partial charge is 0.326 e. The highest BCUT2D eigenvalue weighted by Gasteiger charge is 2.38. The highest BCUT2D eigenvalue weighted by atomic mass is 79.9. The number of hydrogen-bond donors (Lipinski definition) is 1. The molecule has 0 aromatic heterocycles. The molecule has 0 spiro atoms. The molecule has 1 fully saturated rings. The lowest BCUT2D eigenvalue weighted by Gasteiger charge is -2.24. The number of halogens is 1. The number of aliphatic carboxylic acids is 1. The molecule has 1 aromatic rings. The van der Waals surface area contributed by atoms with Crippen LogP contribution in [0, 0.1) is 0 Å². The van der Waals surface area contributed by atoms with Crippen LogP contribution in [0.2, 0.25) is 0 Å².